The molecule has 0 spiro atoms. The number of fused-ring (bicyclic) bond motifs is 1. The molecule has 1 aromatic heterocycles. The van der Waals surface area contributed by atoms with Crippen molar-refractivity contribution in [3.8, 4) is 5.75 Å². The molecule has 1 aliphatic rings. The summed E-state index contributed by atoms with van der Waals surface area (Å²) < 4.78 is 11.8. The Labute approximate surface area is 188 Å². The monoisotopic (exact) mass is 441 g/mol. The summed E-state index contributed by atoms with van der Waals surface area (Å²) in [6, 6.07) is 5.14. The molecule has 3 atom stereocenters. The molecule has 0 fully saturated rings. The smallest absolute Gasteiger partial charge is 0.275 e. The maximum atomic E-state index is 13.2. The number of anilines is 1. The van der Waals surface area contributed by atoms with Gasteiger partial charge in [-0.1, -0.05) is 6.92 Å². The van der Waals surface area contributed by atoms with E-state index in [1.165, 1.54) is 18.6 Å². The lowest BCUT2D eigenvalue weighted by Crippen LogP contribution is -2.45. The molecule has 2 heterocycles. The third-order valence-electron chi connectivity index (χ3n) is 5.81. The van der Waals surface area contributed by atoms with Crippen LogP contribution in [-0.4, -0.2) is 84.6 Å². The topological polar surface area (TPSA) is 96.9 Å². The quantitative estimate of drug-likeness (QED) is 0.780. The molecule has 0 saturated carbocycles. The summed E-state index contributed by atoms with van der Waals surface area (Å²) in [6.45, 7) is 5.87. The molecule has 2 aromatic rings. The number of likely N-dealkylation sites (N-methyl/N-ethyl adjacent to an activating group) is 2. The molecule has 0 saturated heterocycles. The average Bonchev–Trinajstić information content (AvgIpc) is 2.80. The van der Waals surface area contributed by atoms with Gasteiger partial charge in [-0.05, 0) is 32.0 Å². The van der Waals surface area contributed by atoms with Crippen molar-refractivity contribution in [2.45, 2.75) is 26.0 Å². The highest BCUT2D eigenvalue weighted by molar-refractivity contribution is 6.03. The molecule has 2 amide bonds. The van der Waals surface area contributed by atoms with Crippen molar-refractivity contribution in [3.05, 3.63) is 48.0 Å². The van der Waals surface area contributed by atoms with E-state index in [0.717, 1.165) is 6.54 Å². The van der Waals surface area contributed by atoms with Crippen molar-refractivity contribution in [1.29, 1.82) is 0 Å². The van der Waals surface area contributed by atoms with Gasteiger partial charge < -0.3 is 19.7 Å². The van der Waals surface area contributed by atoms with Gasteiger partial charge >= 0.3 is 0 Å². The first-order valence-electron chi connectivity index (χ1n) is 10.6. The second kappa shape index (κ2) is 10.5. The van der Waals surface area contributed by atoms with E-state index in [1.807, 2.05) is 0 Å². The van der Waals surface area contributed by atoms with E-state index in [0.29, 0.717) is 30.2 Å². The highest BCUT2D eigenvalue weighted by Gasteiger charge is 2.27. The van der Waals surface area contributed by atoms with Gasteiger partial charge in [0.1, 0.15) is 18.1 Å². The standard InChI is InChI=1S/C23H31N5O4/c1-15-12-27(3)16(2)14-32-20-10-17(26-22(29)19-11-24-8-9-25-19)6-7-18(20)23(30)28(4)13-21(15)31-5/h6-11,15-16,21H,12-14H2,1-5H3,(H,26,29)/t15-,16-,21+/m1/s1. The molecule has 1 aromatic carbocycles. The Morgan fingerprint density at radius 2 is 2.00 bits per heavy atom. The highest BCUT2D eigenvalue weighted by Crippen LogP contribution is 2.27. The van der Waals surface area contributed by atoms with Gasteiger partial charge in [0.15, 0.2) is 0 Å². The van der Waals surface area contributed by atoms with Crippen LogP contribution in [-0.2, 0) is 4.74 Å². The number of ether oxygens (including phenoxy) is 2. The van der Waals surface area contributed by atoms with Crippen molar-refractivity contribution in [2.75, 3.05) is 46.2 Å². The number of nitrogens with one attached hydrogen (secondary N) is 1. The van der Waals surface area contributed by atoms with Crippen LogP contribution in [0.15, 0.2) is 36.8 Å². The molecule has 0 unspecified atom stereocenters. The van der Waals surface area contributed by atoms with Gasteiger partial charge in [0.05, 0.1) is 17.9 Å². The molecule has 1 aliphatic heterocycles. The highest BCUT2D eigenvalue weighted by atomic mass is 16.5. The number of benzene rings is 1. The number of rotatable bonds is 3. The molecule has 0 radical (unpaired) electrons. The molecule has 0 aliphatic carbocycles. The SMILES string of the molecule is CO[C@H]1CN(C)C(=O)c2ccc(NC(=O)c3cnccn3)cc2OC[C@@H](C)N(C)C[C@H]1C. The average molecular weight is 442 g/mol. The predicted molar refractivity (Wildman–Crippen MR) is 121 cm³/mol. The Morgan fingerprint density at radius 3 is 2.69 bits per heavy atom. The summed E-state index contributed by atoms with van der Waals surface area (Å²) in [5, 5.41) is 2.79. The van der Waals surface area contributed by atoms with Crippen molar-refractivity contribution >= 4 is 17.5 Å². The zero-order valence-electron chi connectivity index (χ0n) is 19.2. The number of carbonyl (C=O) groups excluding carboxylic acids is 2. The molecule has 9 nitrogen and oxygen atoms in total. The summed E-state index contributed by atoms with van der Waals surface area (Å²) >= 11 is 0. The van der Waals surface area contributed by atoms with Gasteiger partial charge in [0.2, 0.25) is 0 Å². The number of nitrogens with zero attached hydrogens (tertiary/aromatic N) is 4. The fourth-order valence-electron chi connectivity index (χ4n) is 3.64. The van der Waals surface area contributed by atoms with E-state index in [1.54, 1.807) is 37.3 Å². The molecule has 9 heteroatoms. The van der Waals surface area contributed by atoms with E-state index < -0.39 is 0 Å². The second-order valence-electron chi connectivity index (χ2n) is 8.29. The van der Waals surface area contributed by atoms with Gasteiger partial charge in [-0.2, -0.15) is 0 Å². The Hall–Kier alpha value is -3.04. The maximum absolute atomic E-state index is 13.2. The summed E-state index contributed by atoms with van der Waals surface area (Å²) in [6.07, 6.45) is 4.26. The molecule has 172 valence electrons. The number of hydrogen-bond acceptors (Lipinski definition) is 7. The van der Waals surface area contributed by atoms with Crippen LogP contribution in [0.5, 0.6) is 5.75 Å². The minimum absolute atomic E-state index is 0.0899. The van der Waals surface area contributed by atoms with Crippen LogP contribution in [0.25, 0.3) is 0 Å². The van der Waals surface area contributed by atoms with Crippen LogP contribution in [0.1, 0.15) is 34.7 Å². The van der Waals surface area contributed by atoms with Gasteiger partial charge in [0.25, 0.3) is 11.8 Å². The largest absolute Gasteiger partial charge is 0.491 e. The zero-order valence-corrected chi connectivity index (χ0v) is 19.2. The summed E-state index contributed by atoms with van der Waals surface area (Å²) in [5.41, 5.74) is 1.14. The van der Waals surface area contributed by atoms with Gasteiger partial charge in [-0.3, -0.25) is 19.5 Å². The van der Waals surface area contributed by atoms with Crippen LogP contribution >= 0.6 is 0 Å². The second-order valence-corrected chi connectivity index (χ2v) is 8.29. The van der Waals surface area contributed by atoms with E-state index in [2.05, 4.69) is 41.1 Å². The van der Waals surface area contributed by atoms with Crippen molar-refractivity contribution in [2.24, 2.45) is 5.92 Å². The Bertz CT molecular complexity index is 939. The van der Waals surface area contributed by atoms with Crippen LogP contribution < -0.4 is 10.1 Å². The van der Waals surface area contributed by atoms with Crippen molar-refractivity contribution < 1.29 is 19.1 Å². The molecular formula is C23H31N5O4. The summed E-state index contributed by atoms with van der Waals surface area (Å²) in [7, 11) is 5.49. The first-order valence-corrected chi connectivity index (χ1v) is 10.6. The number of aromatic nitrogens is 2. The lowest BCUT2D eigenvalue weighted by molar-refractivity contribution is 0.0150. The molecular weight excluding hydrogens is 410 g/mol. The fourth-order valence-corrected chi connectivity index (χ4v) is 3.64. The van der Waals surface area contributed by atoms with Crippen molar-refractivity contribution in [3.63, 3.8) is 0 Å². The van der Waals surface area contributed by atoms with Crippen molar-refractivity contribution in [1.82, 2.24) is 19.8 Å². The lowest BCUT2D eigenvalue weighted by Gasteiger charge is -2.34. The Kier molecular flexibility index (Phi) is 7.76. The van der Waals surface area contributed by atoms with Crippen LogP contribution in [0.2, 0.25) is 0 Å². The molecule has 32 heavy (non-hydrogen) atoms. The molecule has 1 N–H and O–H groups in total. The number of carbonyl (C=O) groups is 2. The zero-order chi connectivity index (χ0) is 23.3. The Balaban J connectivity index is 1.89. The minimum Gasteiger partial charge on any atom is -0.491 e. The number of methoxy groups -OCH3 is 1. The number of hydrogen-bond donors (Lipinski definition) is 1. The first-order chi connectivity index (χ1) is 15.3. The van der Waals surface area contributed by atoms with E-state index in [4.69, 9.17) is 9.47 Å². The van der Waals surface area contributed by atoms with Crippen LogP contribution in [0.4, 0.5) is 5.69 Å². The van der Waals surface area contributed by atoms with Crippen LogP contribution in [0.3, 0.4) is 0 Å². The van der Waals surface area contributed by atoms with Gasteiger partial charge in [-0.25, -0.2) is 4.98 Å². The third-order valence-corrected chi connectivity index (χ3v) is 5.81. The van der Waals surface area contributed by atoms with E-state index in [9.17, 15) is 9.59 Å². The summed E-state index contributed by atoms with van der Waals surface area (Å²) in [5.74, 6) is 0.101. The normalized spacial score (nSPS) is 22.8. The van der Waals surface area contributed by atoms with E-state index >= 15 is 0 Å². The minimum atomic E-state index is -0.389. The predicted octanol–water partition coefficient (Wildman–Crippen LogP) is 2.16. The molecule has 3 rings (SSSR count). The third kappa shape index (κ3) is 5.60. The fraction of sp³-hybridized carbons (Fsp3) is 0.478. The summed E-state index contributed by atoms with van der Waals surface area (Å²) in [4.78, 5) is 37.4. The maximum Gasteiger partial charge on any atom is 0.275 e. The first kappa shape index (κ1) is 23.6. The van der Waals surface area contributed by atoms with Gasteiger partial charge in [0, 0.05) is 57.4 Å². The van der Waals surface area contributed by atoms with E-state index in [-0.39, 0.29) is 35.6 Å². The van der Waals surface area contributed by atoms with Crippen LogP contribution in [0, 0.1) is 5.92 Å². The van der Waals surface area contributed by atoms with Gasteiger partial charge in [-0.15, -0.1) is 0 Å². The number of amides is 2. The lowest BCUT2D eigenvalue weighted by atomic mass is 10.0. The molecule has 0 bridgehead atoms. The Morgan fingerprint density at radius 1 is 1.22 bits per heavy atom.